The van der Waals surface area contributed by atoms with E-state index in [0.717, 1.165) is 10.9 Å². The van der Waals surface area contributed by atoms with E-state index in [1.54, 1.807) is 24.1 Å². The van der Waals surface area contributed by atoms with Crippen molar-refractivity contribution < 1.29 is 28.6 Å². The number of amides is 1. The number of nitrogens with one attached hydrogen (secondary N) is 1. The van der Waals surface area contributed by atoms with E-state index in [4.69, 9.17) is 19.0 Å². The molecule has 0 bridgehead atoms. The van der Waals surface area contributed by atoms with E-state index in [0.29, 0.717) is 37.0 Å². The number of benzene rings is 1. The maximum Gasteiger partial charge on any atom is 0.371 e. The fourth-order valence-corrected chi connectivity index (χ4v) is 2.86. The van der Waals surface area contributed by atoms with Gasteiger partial charge in [0.1, 0.15) is 17.2 Å². The number of hydrogen-bond donors (Lipinski definition) is 2. The SMILES string of the molecule is CCOCCN(Cc1ccc(C(=O)O)o1)C(=O)c1cc2ccc(OC)cc2[nH]1. The summed E-state index contributed by atoms with van der Waals surface area (Å²) in [5.74, 6) is -0.463. The topological polar surface area (TPSA) is 105 Å². The summed E-state index contributed by atoms with van der Waals surface area (Å²) in [4.78, 5) is 28.7. The summed E-state index contributed by atoms with van der Waals surface area (Å²) in [6, 6.07) is 10.2. The van der Waals surface area contributed by atoms with Crippen LogP contribution in [-0.4, -0.2) is 53.7 Å². The van der Waals surface area contributed by atoms with Crippen LogP contribution >= 0.6 is 0 Å². The van der Waals surface area contributed by atoms with Gasteiger partial charge >= 0.3 is 5.97 Å². The number of rotatable bonds is 9. The number of methoxy groups -OCH3 is 1. The number of H-pyrrole nitrogens is 1. The van der Waals surface area contributed by atoms with Crippen LogP contribution in [0.1, 0.15) is 33.7 Å². The molecule has 0 atom stereocenters. The smallest absolute Gasteiger partial charge is 0.371 e. The largest absolute Gasteiger partial charge is 0.497 e. The van der Waals surface area contributed by atoms with Gasteiger partial charge in [0.2, 0.25) is 5.76 Å². The van der Waals surface area contributed by atoms with Gasteiger partial charge in [0.25, 0.3) is 5.91 Å². The van der Waals surface area contributed by atoms with Crippen LogP contribution in [0.15, 0.2) is 40.8 Å². The predicted octanol–water partition coefficient (Wildman–Crippen LogP) is 3.15. The Morgan fingerprint density at radius 3 is 2.71 bits per heavy atom. The zero-order valence-corrected chi connectivity index (χ0v) is 15.7. The molecule has 2 heterocycles. The van der Waals surface area contributed by atoms with Crippen LogP contribution < -0.4 is 4.74 Å². The number of aromatic nitrogens is 1. The molecule has 0 aliphatic carbocycles. The number of nitrogens with zero attached hydrogens (tertiary/aromatic N) is 1. The first-order chi connectivity index (χ1) is 13.5. The minimum Gasteiger partial charge on any atom is -0.497 e. The zero-order valence-electron chi connectivity index (χ0n) is 15.7. The third kappa shape index (κ3) is 4.34. The molecule has 0 spiro atoms. The number of aromatic carboxylic acids is 1. The highest BCUT2D eigenvalue weighted by molar-refractivity contribution is 5.98. The Bertz CT molecular complexity index is 974. The Morgan fingerprint density at radius 2 is 2.04 bits per heavy atom. The van der Waals surface area contributed by atoms with Crippen molar-refractivity contribution in [1.29, 1.82) is 0 Å². The lowest BCUT2D eigenvalue weighted by atomic mass is 10.2. The standard InChI is InChI=1S/C20H22N2O6/c1-3-27-9-8-22(12-15-6-7-18(28-15)20(24)25)19(23)17-10-13-4-5-14(26-2)11-16(13)21-17/h4-7,10-11,21H,3,8-9,12H2,1-2H3,(H,24,25). The van der Waals surface area contributed by atoms with Crippen LogP contribution in [0.5, 0.6) is 5.75 Å². The van der Waals surface area contributed by atoms with Gasteiger partial charge in [-0.25, -0.2) is 4.79 Å². The highest BCUT2D eigenvalue weighted by atomic mass is 16.5. The molecule has 8 heteroatoms. The van der Waals surface area contributed by atoms with Gasteiger partial charge in [-0.1, -0.05) is 0 Å². The van der Waals surface area contributed by atoms with Crippen molar-refractivity contribution in [3.05, 3.63) is 53.6 Å². The van der Waals surface area contributed by atoms with Crippen molar-refractivity contribution in [2.75, 3.05) is 26.9 Å². The van der Waals surface area contributed by atoms with Gasteiger partial charge in [-0.05, 0) is 37.3 Å². The molecule has 0 radical (unpaired) electrons. The van der Waals surface area contributed by atoms with Crippen molar-refractivity contribution in [2.24, 2.45) is 0 Å². The van der Waals surface area contributed by atoms with Gasteiger partial charge in [0.05, 0.1) is 20.3 Å². The molecule has 2 N–H and O–H groups in total. The molecule has 0 unspecified atom stereocenters. The average molecular weight is 386 g/mol. The minimum atomic E-state index is -1.15. The van der Waals surface area contributed by atoms with Gasteiger partial charge in [-0.2, -0.15) is 0 Å². The third-order valence-electron chi connectivity index (χ3n) is 4.28. The number of ether oxygens (including phenoxy) is 2. The Labute approximate surface area is 161 Å². The molecular weight excluding hydrogens is 364 g/mol. The van der Waals surface area contributed by atoms with Crippen LogP contribution in [0, 0.1) is 0 Å². The monoisotopic (exact) mass is 386 g/mol. The van der Waals surface area contributed by atoms with E-state index >= 15 is 0 Å². The second-order valence-corrected chi connectivity index (χ2v) is 6.13. The Morgan fingerprint density at radius 1 is 1.21 bits per heavy atom. The number of carboxylic acid groups (broad SMARTS) is 1. The van der Waals surface area contributed by atoms with Crippen molar-refractivity contribution in [1.82, 2.24) is 9.88 Å². The summed E-state index contributed by atoms with van der Waals surface area (Å²) in [5.41, 5.74) is 1.21. The van der Waals surface area contributed by atoms with E-state index in [1.165, 1.54) is 6.07 Å². The first kappa shape index (κ1) is 19.5. The Hall–Kier alpha value is -3.26. The quantitative estimate of drug-likeness (QED) is 0.548. The van der Waals surface area contributed by atoms with Gasteiger partial charge in [-0.15, -0.1) is 0 Å². The van der Waals surface area contributed by atoms with Gasteiger partial charge in [0.15, 0.2) is 0 Å². The predicted molar refractivity (Wildman–Crippen MR) is 102 cm³/mol. The number of aromatic amines is 1. The summed E-state index contributed by atoms with van der Waals surface area (Å²) >= 11 is 0. The normalized spacial score (nSPS) is 10.9. The zero-order chi connectivity index (χ0) is 20.1. The maximum absolute atomic E-state index is 13.1. The molecule has 148 valence electrons. The highest BCUT2D eigenvalue weighted by Crippen LogP contribution is 2.22. The lowest BCUT2D eigenvalue weighted by molar-refractivity contribution is 0.0613. The molecule has 28 heavy (non-hydrogen) atoms. The lowest BCUT2D eigenvalue weighted by Crippen LogP contribution is -2.33. The average Bonchev–Trinajstić information content (AvgIpc) is 3.33. The van der Waals surface area contributed by atoms with Crippen LogP contribution in [0.25, 0.3) is 10.9 Å². The number of fused-ring (bicyclic) bond motifs is 1. The van der Waals surface area contributed by atoms with Gasteiger partial charge < -0.3 is 28.9 Å². The summed E-state index contributed by atoms with van der Waals surface area (Å²) in [6.07, 6.45) is 0. The molecule has 8 nitrogen and oxygen atoms in total. The van der Waals surface area contributed by atoms with Gasteiger partial charge in [0, 0.05) is 30.1 Å². The summed E-state index contributed by atoms with van der Waals surface area (Å²) in [5, 5.41) is 9.90. The van der Waals surface area contributed by atoms with Crippen LogP contribution in [-0.2, 0) is 11.3 Å². The van der Waals surface area contributed by atoms with Crippen molar-refractivity contribution in [2.45, 2.75) is 13.5 Å². The third-order valence-corrected chi connectivity index (χ3v) is 4.28. The van der Waals surface area contributed by atoms with Crippen LogP contribution in [0.2, 0.25) is 0 Å². The van der Waals surface area contributed by atoms with Crippen molar-refractivity contribution in [3.63, 3.8) is 0 Å². The Kier molecular flexibility index (Phi) is 6.00. The number of carboxylic acids is 1. The summed E-state index contributed by atoms with van der Waals surface area (Å²) in [7, 11) is 1.58. The van der Waals surface area contributed by atoms with E-state index in [9.17, 15) is 9.59 Å². The summed E-state index contributed by atoms with van der Waals surface area (Å²) in [6.45, 7) is 3.26. The van der Waals surface area contributed by atoms with E-state index in [1.807, 2.05) is 25.1 Å². The van der Waals surface area contributed by atoms with E-state index in [-0.39, 0.29) is 18.2 Å². The first-order valence-corrected chi connectivity index (χ1v) is 8.87. The van der Waals surface area contributed by atoms with Crippen molar-refractivity contribution >= 4 is 22.8 Å². The molecule has 0 aliphatic rings. The molecule has 3 aromatic rings. The molecule has 0 saturated carbocycles. The first-order valence-electron chi connectivity index (χ1n) is 8.87. The minimum absolute atomic E-state index is 0.137. The second-order valence-electron chi connectivity index (χ2n) is 6.13. The maximum atomic E-state index is 13.1. The van der Waals surface area contributed by atoms with Crippen LogP contribution in [0.4, 0.5) is 0 Å². The number of hydrogen-bond acceptors (Lipinski definition) is 5. The molecule has 0 saturated heterocycles. The van der Waals surface area contributed by atoms with Crippen LogP contribution in [0.3, 0.4) is 0 Å². The second kappa shape index (κ2) is 8.62. The fraction of sp³-hybridized carbons (Fsp3) is 0.300. The lowest BCUT2D eigenvalue weighted by Gasteiger charge is -2.21. The van der Waals surface area contributed by atoms with Crippen molar-refractivity contribution in [3.8, 4) is 5.75 Å². The molecule has 0 fully saturated rings. The summed E-state index contributed by atoms with van der Waals surface area (Å²) < 4.78 is 15.9. The Balaban J connectivity index is 1.83. The van der Waals surface area contributed by atoms with E-state index in [2.05, 4.69) is 4.98 Å². The molecule has 2 aromatic heterocycles. The number of furan rings is 1. The number of carbonyl (C=O) groups is 2. The molecule has 1 aromatic carbocycles. The molecule has 3 rings (SSSR count). The molecule has 0 aliphatic heterocycles. The number of carbonyl (C=O) groups excluding carboxylic acids is 1. The fourth-order valence-electron chi connectivity index (χ4n) is 2.86. The van der Waals surface area contributed by atoms with E-state index < -0.39 is 5.97 Å². The van der Waals surface area contributed by atoms with Gasteiger partial charge in [-0.3, -0.25) is 4.79 Å². The highest BCUT2D eigenvalue weighted by Gasteiger charge is 2.20. The molecular formula is C20H22N2O6. The molecule has 1 amide bonds.